The van der Waals surface area contributed by atoms with Crippen LogP contribution in [-0.2, 0) is 4.79 Å². The summed E-state index contributed by atoms with van der Waals surface area (Å²) in [7, 11) is 0. The van der Waals surface area contributed by atoms with Crippen LogP contribution < -0.4 is 16.4 Å². The molecule has 0 aliphatic heterocycles. The summed E-state index contributed by atoms with van der Waals surface area (Å²) in [6.45, 7) is 6.87. The Balaban J connectivity index is 2.35. The molecule has 0 spiro atoms. The van der Waals surface area contributed by atoms with E-state index < -0.39 is 0 Å². The van der Waals surface area contributed by atoms with Crippen LogP contribution in [0.5, 0.6) is 0 Å². The zero-order valence-electron chi connectivity index (χ0n) is 12.9. The van der Waals surface area contributed by atoms with Crippen LogP contribution in [0.1, 0.15) is 44.0 Å². The molecule has 1 atom stereocenters. The molecule has 0 fully saturated rings. The van der Waals surface area contributed by atoms with Gasteiger partial charge in [-0.1, -0.05) is 13.8 Å². The molecule has 1 heterocycles. The first-order valence-corrected chi connectivity index (χ1v) is 8.12. The molecule has 1 aromatic heterocycles. The zero-order chi connectivity index (χ0) is 15.9. The highest BCUT2D eigenvalue weighted by Gasteiger charge is 2.25. The van der Waals surface area contributed by atoms with Crippen LogP contribution in [0, 0.1) is 5.92 Å². The Bertz CT molecular complexity index is 459. The molecule has 21 heavy (non-hydrogen) atoms. The molecule has 4 N–H and O–H groups in total. The molecule has 0 bridgehead atoms. The Morgan fingerprint density at radius 2 is 2.14 bits per heavy atom. The van der Waals surface area contributed by atoms with E-state index in [-0.39, 0.29) is 23.8 Å². The maximum atomic E-state index is 12.0. The highest BCUT2D eigenvalue weighted by atomic mass is 32.1. The predicted octanol–water partition coefficient (Wildman–Crippen LogP) is 1.75. The van der Waals surface area contributed by atoms with Crippen molar-refractivity contribution in [1.82, 2.24) is 10.6 Å². The number of rotatable bonds is 8. The van der Waals surface area contributed by atoms with Crippen molar-refractivity contribution in [3.05, 3.63) is 22.4 Å². The molecule has 1 unspecified atom stereocenters. The molecule has 1 rings (SSSR count). The van der Waals surface area contributed by atoms with Crippen molar-refractivity contribution in [2.75, 3.05) is 13.1 Å². The van der Waals surface area contributed by atoms with Gasteiger partial charge in [0.2, 0.25) is 5.91 Å². The highest BCUT2D eigenvalue weighted by Crippen LogP contribution is 2.15. The number of hydrogen-bond donors (Lipinski definition) is 3. The van der Waals surface area contributed by atoms with Gasteiger partial charge >= 0.3 is 0 Å². The van der Waals surface area contributed by atoms with E-state index in [0.29, 0.717) is 24.6 Å². The Hall–Kier alpha value is -1.40. The van der Waals surface area contributed by atoms with E-state index in [1.165, 1.54) is 11.3 Å². The van der Waals surface area contributed by atoms with E-state index in [9.17, 15) is 9.59 Å². The average Bonchev–Trinajstić information content (AvgIpc) is 2.91. The molecular formula is C15H25N3O2S. The Morgan fingerprint density at radius 1 is 1.43 bits per heavy atom. The standard InChI is InChI=1S/C15H25N3O2S/c1-11(2)8-15(3,10-16)18-13(19)4-6-17-14(20)12-5-7-21-9-12/h5,7,9,11H,4,6,8,10,16H2,1-3H3,(H,17,20)(H,18,19). The first-order chi connectivity index (χ1) is 9.86. The molecule has 5 nitrogen and oxygen atoms in total. The van der Waals surface area contributed by atoms with Gasteiger partial charge in [-0.2, -0.15) is 11.3 Å². The maximum Gasteiger partial charge on any atom is 0.252 e. The fourth-order valence-electron chi connectivity index (χ4n) is 2.27. The first kappa shape index (κ1) is 17.7. The second-order valence-corrected chi connectivity index (χ2v) is 6.71. The van der Waals surface area contributed by atoms with E-state index >= 15 is 0 Å². The van der Waals surface area contributed by atoms with Crippen molar-refractivity contribution < 1.29 is 9.59 Å². The minimum Gasteiger partial charge on any atom is -0.351 e. The third-order valence-corrected chi connectivity index (χ3v) is 3.85. The molecule has 0 aliphatic rings. The fourth-order valence-corrected chi connectivity index (χ4v) is 2.91. The molecule has 0 saturated carbocycles. The summed E-state index contributed by atoms with van der Waals surface area (Å²) in [5.41, 5.74) is 6.01. The largest absolute Gasteiger partial charge is 0.351 e. The lowest BCUT2D eigenvalue weighted by Crippen LogP contribution is -2.52. The van der Waals surface area contributed by atoms with Gasteiger partial charge in [0.05, 0.1) is 0 Å². The highest BCUT2D eigenvalue weighted by molar-refractivity contribution is 7.08. The van der Waals surface area contributed by atoms with Crippen LogP contribution in [0.25, 0.3) is 0 Å². The average molecular weight is 311 g/mol. The number of hydrogen-bond acceptors (Lipinski definition) is 4. The van der Waals surface area contributed by atoms with Crippen LogP contribution >= 0.6 is 11.3 Å². The Morgan fingerprint density at radius 3 is 2.67 bits per heavy atom. The Labute approximate surface area is 130 Å². The van der Waals surface area contributed by atoms with E-state index in [2.05, 4.69) is 24.5 Å². The van der Waals surface area contributed by atoms with E-state index in [4.69, 9.17) is 5.73 Å². The second-order valence-electron chi connectivity index (χ2n) is 5.93. The summed E-state index contributed by atoms with van der Waals surface area (Å²) < 4.78 is 0. The van der Waals surface area contributed by atoms with Crippen LogP contribution in [-0.4, -0.2) is 30.4 Å². The van der Waals surface area contributed by atoms with Crippen molar-refractivity contribution in [2.45, 2.75) is 39.2 Å². The van der Waals surface area contributed by atoms with Gasteiger partial charge in [0.1, 0.15) is 0 Å². The molecule has 2 amide bonds. The van der Waals surface area contributed by atoms with E-state index in [1.807, 2.05) is 12.3 Å². The molecule has 0 saturated heterocycles. The van der Waals surface area contributed by atoms with Crippen molar-refractivity contribution in [2.24, 2.45) is 11.7 Å². The molecular weight excluding hydrogens is 286 g/mol. The maximum absolute atomic E-state index is 12.0. The number of amides is 2. The number of nitrogens with one attached hydrogen (secondary N) is 2. The van der Waals surface area contributed by atoms with E-state index in [0.717, 1.165) is 6.42 Å². The minimum absolute atomic E-state index is 0.0887. The molecule has 118 valence electrons. The van der Waals surface area contributed by atoms with Gasteiger partial charge in [-0.05, 0) is 30.7 Å². The molecule has 1 aromatic rings. The Kier molecular flexibility index (Phi) is 6.84. The van der Waals surface area contributed by atoms with Gasteiger partial charge in [0, 0.05) is 36.0 Å². The lowest BCUT2D eigenvalue weighted by molar-refractivity contribution is -0.122. The monoisotopic (exact) mass is 311 g/mol. The predicted molar refractivity (Wildman–Crippen MR) is 86.3 cm³/mol. The zero-order valence-corrected chi connectivity index (χ0v) is 13.8. The summed E-state index contributed by atoms with van der Waals surface area (Å²) in [6.07, 6.45) is 1.08. The van der Waals surface area contributed by atoms with Gasteiger partial charge in [0.25, 0.3) is 5.91 Å². The normalized spacial score (nSPS) is 13.8. The topological polar surface area (TPSA) is 84.2 Å². The number of nitrogens with two attached hydrogens (primary N) is 1. The molecule has 0 aromatic carbocycles. The molecule has 6 heteroatoms. The van der Waals surface area contributed by atoms with Crippen LogP contribution in [0.4, 0.5) is 0 Å². The minimum atomic E-state index is -0.386. The smallest absolute Gasteiger partial charge is 0.252 e. The number of carbonyl (C=O) groups is 2. The third kappa shape index (κ3) is 6.27. The van der Waals surface area contributed by atoms with Crippen LogP contribution in [0.3, 0.4) is 0 Å². The van der Waals surface area contributed by atoms with Gasteiger partial charge in [-0.25, -0.2) is 0 Å². The van der Waals surface area contributed by atoms with Crippen molar-refractivity contribution in [3.63, 3.8) is 0 Å². The lowest BCUT2D eigenvalue weighted by atomic mass is 9.90. The fraction of sp³-hybridized carbons (Fsp3) is 0.600. The molecule has 0 radical (unpaired) electrons. The molecule has 0 aliphatic carbocycles. The van der Waals surface area contributed by atoms with Gasteiger partial charge in [0.15, 0.2) is 0 Å². The summed E-state index contributed by atoms with van der Waals surface area (Å²) in [5.74, 6) is 0.221. The number of carbonyl (C=O) groups excluding carboxylic acids is 2. The lowest BCUT2D eigenvalue weighted by Gasteiger charge is -2.31. The first-order valence-electron chi connectivity index (χ1n) is 7.18. The van der Waals surface area contributed by atoms with Gasteiger partial charge in [-0.15, -0.1) is 0 Å². The summed E-state index contributed by atoms with van der Waals surface area (Å²) in [5, 5.41) is 9.33. The summed E-state index contributed by atoms with van der Waals surface area (Å²) in [4.78, 5) is 23.7. The summed E-state index contributed by atoms with van der Waals surface area (Å²) in [6, 6.07) is 1.76. The van der Waals surface area contributed by atoms with Crippen LogP contribution in [0.15, 0.2) is 16.8 Å². The van der Waals surface area contributed by atoms with Crippen molar-refractivity contribution in [3.8, 4) is 0 Å². The van der Waals surface area contributed by atoms with Crippen molar-refractivity contribution in [1.29, 1.82) is 0 Å². The van der Waals surface area contributed by atoms with Crippen LogP contribution in [0.2, 0.25) is 0 Å². The summed E-state index contributed by atoms with van der Waals surface area (Å²) >= 11 is 1.47. The quantitative estimate of drug-likeness (QED) is 0.684. The third-order valence-electron chi connectivity index (χ3n) is 3.17. The van der Waals surface area contributed by atoms with E-state index in [1.54, 1.807) is 11.4 Å². The second kappa shape index (κ2) is 8.14. The SMILES string of the molecule is CC(C)CC(C)(CN)NC(=O)CCNC(=O)c1ccsc1. The van der Waals surface area contributed by atoms with Gasteiger partial charge in [-0.3, -0.25) is 9.59 Å². The van der Waals surface area contributed by atoms with Gasteiger partial charge < -0.3 is 16.4 Å². The number of thiophene rings is 1. The van der Waals surface area contributed by atoms with Crippen molar-refractivity contribution >= 4 is 23.2 Å².